The lowest BCUT2D eigenvalue weighted by Gasteiger charge is -2.21. The van der Waals surface area contributed by atoms with E-state index in [4.69, 9.17) is 10.2 Å². The Morgan fingerprint density at radius 2 is 1.81 bits per heavy atom. The summed E-state index contributed by atoms with van der Waals surface area (Å²) < 4.78 is 0. The van der Waals surface area contributed by atoms with Gasteiger partial charge in [0.25, 0.3) is 0 Å². The SMILES string of the molecule is CCC(CCO)NC(=O)C(C)C(C)C(=O)O. The number of carbonyl (C=O) groups is 2. The van der Waals surface area contributed by atoms with E-state index in [1.54, 1.807) is 6.92 Å². The zero-order chi connectivity index (χ0) is 12.7. The minimum atomic E-state index is -0.974. The normalized spacial score (nSPS) is 16.2. The molecule has 0 aromatic heterocycles. The van der Waals surface area contributed by atoms with Crippen LogP contribution in [0.25, 0.3) is 0 Å². The molecule has 0 aliphatic heterocycles. The van der Waals surface area contributed by atoms with Gasteiger partial charge in [-0.05, 0) is 12.8 Å². The van der Waals surface area contributed by atoms with Gasteiger partial charge in [0.05, 0.1) is 5.92 Å². The molecule has 0 bridgehead atoms. The zero-order valence-corrected chi connectivity index (χ0v) is 10.1. The summed E-state index contributed by atoms with van der Waals surface area (Å²) in [7, 11) is 0. The van der Waals surface area contributed by atoms with Gasteiger partial charge in [0.15, 0.2) is 0 Å². The van der Waals surface area contributed by atoms with E-state index in [1.807, 2.05) is 6.92 Å². The van der Waals surface area contributed by atoms with Crippen molar-refractivity contribution < 1.29 is 19.8 Å². The highest BCUT2D eigenvalue weighted by Gasteiger charge is 2.26. The van der Waals surface area contributed by atoms with E-state index in [-0.39, 0.29) is 18.6 Å². The first kappa shape index (κ1) is 14.9. The number of carbonyl (C=O) groups excluding carboxylic acids is 1. The summed E-state index contributed by atoms with van der Waals surface area (Å²) in [6.45, 7) is 5.03. The van der Waals surface area contributed by atoms with Gasteiger partial charge >= 0.3 is 5.97 Å². The molecule has 0 aliphatic rings. The summed E-state index contributed by atoms with van der Waals surface area (Å²) in [5, 5.41) is 20.3. The molecular formula is C11H21NO4. The fourth-order valence-electron chi connectivity index (χ4n) is 1.31. The third-order valence-electron chi connectivity index (χ3n) is 2.87. The number of carboxylic acid groups (broad SMARTS) is 1. The molecule has 0 heterocycles. The Labute approximate surface area is 95.9 Å². The molecule has 3 N–H and O–H groups in total. The van der Waals surface area contributed by atoms with Gasteiger partial charge in [0.1, 0.15) is 0 Å². The Bertz CT molecular complexity index is 242. The predicted molar refractivity (Wildman–Crippen MR) is 59.9 cm³/mol. The van der Waals surface area contributed by atoms with Gasteiger partial charge in [0, 0.05) is 18.6 Å². The van der Waals surface area contributed by atoms with E-state index in [2.05, 4.69) is 5.32 Å². The van der Waals surface area contributed by atoms with Gasteiger partial charge in [-0.25, -0.2) is 0 Å². The fourth-order valence-corrected chi connectivity index (χ4v) is 1.31. The van der Waals surface area contributed by atoms with Crippen LogP contribution in [0.5, 0.6) is 0 Å². The van der Waals surface area contributed by atoms with Crippen molar-refractivity contribution in [2.24, 2.45) is 11.8 Å². The Balaban J connectivity index is 4.27. The van der Waals surface area contributed by atoms with Crippen molar-refractivity contribution >= 4 is 11.9 Å². The molecule has 5 nitrogen and oxygen atoms in total. The van der Waals surface area contributed by atoms with Crippen molar-refractivity contribution in [1.29, 1.82) is 0 Å². The van der Waals surface area contributed by atoms with Gasteiger partial charge in [-0.2, -0.15) is 0 Å². The second-order valence-corrected chi connectivity index (χ2v) is 4.04. The van der Waals surface area contributed by atoms with Crippen molar-refractivity contribution in [3.63, 3.8) is 0 Å². The average Bonchev–Trinajstić information content (AvgIpc) is 2.25. The molecule has 0 aromatic rings. The lowest BCUT2D eigenvalue weighted by Crippen LogP contribution is -2.41. The quantitative estimate of drug-likeness (QED) is 0.599. The van der Waals surface area contributed by atoms with Crippen molar-refractivity contribution in [3.05, 3.63) is 0 Å². The van der Waals surface area contributed by atoms with Crippen LogP contribution < -0.4 is 5.32 Å². The molecule has 1 amide bonds. The number of amides is 1. The van der Waals surface area contributed by atoms with Crippen LogP contribution >= 0.6 is 0 Å². The maximum Gasteiger partial charge on any atom is 0.307 e. The standard InChI is InChI=1S/C11H21NO4/c1-4-9(5-6-13)12-10(14)7(2)8(3)11(15)16/h7-9,13H,4-6H2,1-3H3,(H,12,14)(H,15,16). The van der Waals surface area contributed by atoms with Crippen LogP contribution in [-0.2, 0) is 9.59 Å². The molecule has 0 aliphatic carbocycles. The second kappa shape index (κ2) is 7.22. The minimum absolute atomic E-state index is 0.0155. The van der Waals surface area contributed by atoms with Gasteiger partial charge in [-0.1, -0.05) is 20.8 Å². The highest BCUT2D eigenvalue weighted by molar-refractivity contribution is 5.84. The molecule has 0 fully saturated rings. The van der Waals surface area contributed by atoms with Crippen LogP contribution in [0.4, 0.5) is 0 Å². The van der Waals surface area contributed by atoms with E-state index < -0.39 is 17.8 Å². The minimum Gasteiger partial charge on any atom is -0.481 e. The maximum absolute atomic E-state index is 11.7. The lowest BCUT2D eigenvalue weighted by molar-refractivity contribution is -0.146. The number of nitrogens with one attached hydrogen (secondary N) is 1. The molecular weight excluding hydrogens is 210 g/mol. The van der Waals surface area contributed by atoms with E-state index in [1.165, 1.54) is 6.92 Å². The molecule has 0 spiro atoms. The highest BCUT2D eigenvalue weighted by atomic mass is 16.4. The van der Waals surface area contributed by atoms with Crippen molar-refractivity contribution in [3.8, 4) is 0 Å². The topological polar surface area (TPSA) is 86.6 Å². The average molecular weight is 231 g/mol. The first-order chi connectivity index (χ1) is 7.43. The molecule has 16 heavy (non-hydrogen) atoms. The fraction of sp³-hybridized carbons (Fsp3) is 0.818. The van der Waals surface area contributed by atoms with Crippen LogP contribution in [0, 0.1) is 11.8 Å². The molecule has 3 unspecified atom stereocenters. The highest BCUT2D eigenvalue weighted by Crippen LogP contribution is 2.12. The van der Waals surface area contributed by atoms with Crippen LogP contribution in [-0.4, -0.2) is 34.7 Å². The van der Waals surface area contributed by atoms with Crippen LogP contribution in [0.15, 0.2) is 0 Å². The van der Waals surface area contributed by atoms with E-state index in [0.29, 0.717) is 6.42 Å². The summed E-state index contributed by atoms with van der Waals surface area (Å²) >= 11 is 0. The van der Waals surface area contributed by atoms with Crippen molar-refractivity contribution in [2.75, 3.05) is 6.61 Å². The van der Waals surface area contributed by atoms with Crippen LogP contribution in [0.2, 0.25) is 0 Å². The third-order valence-corrected chi connectivity index (χ3v) is 2.87. The predicted octanol–water partition coefficient (Wildman–Crippen LogP) is 0.620. The first-order valence-electron chi connectivity index (χ1n) is 5.58. The number of aliphatic hydroxyl groups excluding tert-OH is 1. The van der Waals surface area contributed by atoms with Crippen molar-refractivity contribution in [2.45, 2.75) is 39.7 Å². The molecule has 0 aromatic carbocycles. The summed E-state index contributed by atoms with van der Waals surface area (Å²) in [6.07, 6.45) is 1.22. The summed E-state index contributed by atoms with van der Waals surface area (Å²) in [5.74, 6) is -2.51. The van der Waals surface area contributed by atoms with Gasteiger partial charge in [0.2, 0.25) is 5.91 Å². The summed E-state index contributed by atoms with van der Waals surface area (Å²) in [6, 6.07) is -0.0825. The van der Waals surface area contributed by atoms with Gasteiger partial charge in [-0.3, -0.25) is 9.59 Å². The van der Waals surface area contributed by atoms with Crippen molar-refractivity contribution in [1.82, 2.24) is 5.32 Å². The Morgan fingerprint density at radius 3 is 2.19 bits per heavy atom. The lowest BCUT2D eigenvalue weighted by atomic mass is 9.95. The number of carboxylic acids is 1. The molecule has 3 atom stereocenters. The molecule has 0 saturated heterocycles. The largest absolute Gasteiger partial charge is 0.481 e. The number of aliphatic carboxylic acids is 1. The molecule has 0 radical (unpaired) electrons. The second-order valence-electron chi connectivity index (χ2n) is 4.04. The smallest absolute Gasteiger partial charge is 0.307 e. The van der Waals surface area contributed by atoms with E-state index in [9.17, 15) is 9.59 Å². The molecule has 0 saturated carbocycles. The summed E-state index contributed by atoms with van der Waals surface area (Å²) in [4.78, 5) is 22.4. The number of hydrogen-bond donors (Lipinski definition) is 3. The van der Waals surface area contributed by atoms with Crippen LogP contribution in [0.3, 0.4) is 0 Å². The monoisotopic (exact) mass is 231 g/mol. The Kier molecular flexibility index (Phi) is 6.72. The van der Waals surface area contributed by atoms with E-state index >= 15 is 0 Å². The van der Waals surface area contributed by atoms with Crippen LogP contribution in [0.1, 0.15) is 33.6 Å². The number of aliphatic hydroxyl groups is 1. The summed E-state index contributed by atoms with van der Waals surface area (Å²) in [5.41, 5.74) is 0. The Morgan fingerprint density at radius 1 is 1.25 bits per heavy atom. The number of hydrogen-bond acceptors (Lipinski definition) is 3. The molecule has 94 valence electrons. The third kappa shape index (κ3) is 4.61. The zero-order valence-electron chi connectivity index (χ0n) is 10.1. The van der Waals surface area contributed by atoms with E-state index in [0.717, 1.165) is 6.42 Å². The van der Waals surface area contributed by atoms with Gasteiger partial charge < -0.3 is 15.5 Å². The Hall–Kier alpha value is -1.10. The molecule has 0 rings (SSSR count). The molecule has 5 heteroatoms. The maximum atomic E-state index is 11.7. The first-order valence-corrected chi connectivity index (χ1v) is 5.58. The van der Waals surface area contributed by atoms with Gasteiger partial charge in [-0.15, -0.1) is 0 Å². The number of rotatable bonds is 7.